The van der Waals surface area contributed by atoms with Crippen LogP contribution in [0, 0.1) is 11.6 Å². The molecule has 1 fully saturated rings. The van der Waals surface area contributed by atoms with Crippen LogP contribution in [-0.2, 0) is 11.5 Å². The van der Waals surface area contributed by atoms with E-state index in [9.17, 15) is 13.9 Å². The molecule has 2 heterocycles. The maximum absolute atomic E-state index is 15.6. The number of nitrogens with two attached hydrogens (primary N) is 2. The lowest BCUT2D eigenvalue weighted by atomic mass is 9.84. The highest BCUT2D eigenvalue weighted by atomic mass is 19.3. The summed E-state index contributed by atoms with van der Waals surface area (Å²) in [5.41, 5.74) is -4.17. The van der Waals surface area contributed by atoms with E-state index < -0.39 is 41.0 Å². The Bertz CT molecular complexity index is 920. The van der Waals surface area contributed by atoms with E-state index in [0.717, 1.165) is 56.9 Å². The Morgan fingerprint density at radius 2 is 1.87 bits per heavy atom. The van der Waals surface area contributed by atoms with E-state index in [1.54, 1.807) is 0 Å². The van der Waals surface area contributed by atoms with Gasteiger partial charge in [0.2, 0.25) is 0 Å². The molecule has 1 aliphatic rings. The second-order valence-electron chi connectivity index (χ2n) is 7.45. The molecule has 5 N–H and O–H groups in total. The van der Waals surface area contributed by atoms with Gasteiger partial charge in [-0.2, -0.15) is 13.9 Å². The summed E-state index contributed by atoms with van der Waals surface area (Å²) >= 11 is 0. The number of piperidine rings is 1. The van der Waals surface area contributed by atoms with Crippen LogP contribution < -0.4 is 16.6 Å². The lowest BCUT2D eigenvalue weighted by Crippen LogP contribution is -2.54. The molecule has 168 valence electrons. The summed E-state index contributed by atoms with van der Waals surface area (Å²) in [7, 11) is 0. The molecule has 11 heteroatoms. The molecule has 0 amide bonds. The zero-order valence-corrected chi connectivity index (χ0v) is 16.7. The van der Waals surface area contributed by atoms with E-state index in [2.05, 4.69) is 10.1 Å². The molecular weight excluding hydrogens is 416 g/mol. The van der Waals surface area contributed by atoms with Crippen LogP contribution in [0.5, 0.6) is 0 Å². The molecule has 1 aliphatic heterocycles. The molecule has 1 unspecified atom stereocenters. The number of aromatic nitrogens is 1. The van der Waals surface area contributed by atoms with E-state index in [1.165, 1.54) is 12.3 Å². The van der Waals surface area contributed by atoms with Crippen molar-refractivity contribution in [3.05, 3.63) is 59.4 Å². The van der Waals surface area contributed by atoms with E-state index >= 15 is 8.78 Å². The average molecular weight is 440 g/mol. The second-order valence-corrected chi connectivity index (χ2v) is 7.45. The molecule has 1 saturated heterocycles. The van der Waals surface area contributed by atoms with Crippen LogP contribution in [0.4, 0.5) is 23.2 Å². The fourth-order valence-corrected chi connectivity index (χ4v) is 3.69. The number of hydrogen-bond acceptors (Lipinski definition) is 6. The van der Waals surface area contributed by atoms with Crippen LogP contribution in [-0.4, -0.2) is 41.1 Å². The van der Waals surface area contributed by atoms with Gasteiger partial charge in [-0.15, -0.1) is 0 Å². The highest BCUT2D eigenvalue weighted by Crippen LogP contribution is 2.46. The number of pyridine rings is 1. The normalized spacial score (nSPS) is 17.0. The van der Waals surface area contributed by atoms with Crippen LogP contribution in [0.15, 0.2) is 41.6 Å². The Morgan fingerprint density at radius 1 is 1.16 bits per heavy atom. The molecule has 2 aromatic rings. The van der Waals surface area contributed by atoms with Gasteiger partial charge in [0, 0.05) is 24.7 Å². The van der Waals surface area contributed by atoms with Crippen molar-refractivity contribution in [3.63, 3.8) is 0 Å². The van der Waals surface area contributed by atoms with Crippen molar-refractivity contribution in [2.24, 2.45) is 16.8 Å². The number of hydrazine groups is 1. The molecule has 0 radical (unpaired) electrons. The van der Waals surface area contributed by atoms with E-state index in [-0.39, 0.29) is 0 Å². The first-order chi connectivity index (χ1) is 14.7. The summed E-state index contributed by atoms with van der Waals surface area (Å²) in [6.45, 7) is 0.588. The van der Waals surface area contributed by atoms with Crippen molar-refractivity contribution in [2.75, 3.05) is 24.5 Å². The maximum Gasteiger partial charge on any atom is 0.323 e. The van der Waals surface area contributed by atoms with Crippen LogP contribution >= 0.6 is 0 Å². The molecule has 0 spiro atoms. The van der Waals surface area contributed by atoms with Gasteiger partial charge in [0.05, 0.1) is 18.4 Å². The van der Waals surface area contributed by atoms with Crippen molar-refractivity contribution in [1.82, 2.24) is 9.99 Å². The Labute approximate surface area is 176 Å². The minimum Gasteiger partial charge on any atom is -0.377 e. The predicted molar refractivity (Wildman–Crippen MR) is 108 cm³/mol. The summed E-state index contributed by atoms with van der Waals surface area (Å²) in [6.07, 6.45) is 5.18. The zero-order valence-electron chi connectivity index (χ0n) is 16.7. The van der Waals surface area contributed by atoms with Crippen molar-refractivity contribution < 1.29 is 22.7 Å². The fraction of sp³-hybridized carbons (Fsp3) is 0.400. The standard InChI is InChI=1S/C20H24F4N6O/c21-14-4-6-16(17(22)10-14)19(31,12-30(26)13-28-25)20(23,24)18-7-5-15(11-27-18)29-8-2-1-3-9-29/h4-7,10-11,13,31H,1-3,8-9,12,25-26H2/b28-13-. The highest BCUT2D eigenvalue weighted by molar-refractivity contribution is 5.54. The van der Waals surface area contributed by atoms with Crippen LogP contribution in [0.1, 0.15) is 30.5 Å². The molecule has 1 aromatic heterocycles. The number of nitrogens with zero attached hydrogens (tertiary/aromatic N) is 4. The van der Waals surface area contributed by atoms with Crippen molar-refractivity contribution >= 4 is 12.0 Å². The largest absolute Gasteiger partial charge is 0.377 e. The first kappa shape index (κ1) is 22.8. The monoisotopic (exact) mass is 440 g/mol. The predicted octanol–water partition coefficient (Wildman–Crippen LogP) is 2.41. The molecule has 1 atom stereocenters. The molecule has 0 bridgehead atoms. The minimum atomic E-state index is -4.11. The van der Waals surface area contributed by atoms with E-state index in [1.807, 2.05) is 4.90 Å². The topological polar surface area (TPSA) is 104 Å². The molecule has 1 aromatic carbocycles. The van der Waals surface area contributed by atoms with E-state index in [0.29, 0.717) is 16.8 Å². The number of aliphatic hydroxyl groups is 1. The van der Waals surface area contributed by atoms with Gasteiger partial charge in [-0.3, -0.25) is 9.99 Å². The molecule has 0 aliphatic carbocycles. The van der Waals surface area contributed by atoms with E-state index in [4.69, 9.17) is 11.7 Å². The number of rotatable bonds is 7. The van der Waals surface area contributed by atoms with Gasteiger partial charge < -0.3 is 15.8 Å². The molecule has 7 nitrogen and oxygen atoms in total. The zero-order chi connectivity index (χ0) is 22.6. The van der Waals surface area contributed by atoms with Crippen molar-refractivity contribution in [2.45, 2.75) is 30.8 Å². The Morgan fingerprint density at radius 3 is 2.45 bits per heavy atom. The quantitative estimate of drug-likeness (QED) is 0.201. The SMILES string of the molecule is N/N=C\N(N)CC(O)(c1ccc(F)cc1F)C(F)(F)c1ccc(N2CCCCC2)cn1. The fourth-order valence-electron chi connectivity index (χ4n) is 3.69. The van der Waals surface area contributed by atoms with Crippen molar-refractivity contribution in [3.8, 4) is 0 Å². The van der Waals surface area contributed by atoms with Gasteiger partial charge >= 0.3 is 5.92 Å². The summed E-state index contributed by atoms with van der Waals surface area (Å²) in [5.74, 6) is 4.11. The number of alkyl halides is 2. The highest BCUT2D eigenvalue weighted by Gasteiger charge is 2.58. The first-order valence-electron chi connectivity index (χ1n) is 9.71. The Hall–Kier alpha value is -2.92. The van der Waals surface area contributed by atoms with Crippen molar-refractivity contribution in [1.29, 1.82) is 0 Å². The lowest BCUT2D eigenvalue weighted by Gasteiger charge is -2.38. The van der Waals surface area contributed by atoms with Crippen LogP contribution in [0.2, 0.25) is 0 Å². The Balaban J connectivity index is 2.01. The molecule has 31 heavy (non-hydrogen) atoms. The summed E-state index contributed by atoms with van der Waals surface area (Å²) in [4.78, 5) is 5.88. The third kappa shape index (κ3) is 4.57. The number of benzene rings is 1. The van der Waals surface area contributed by atoms with Gasteiger partial charge in [0.25, 0.3) is 0 Å². The lowest BCUT2D eigenvalue weighted by molar-refractivity contribution is -0.203. The van der Waals surface area contributed by atoms with Gasteiger partial charge in [-0.25, -0.2) is 14.6 Å². The molecule has 0 saturated carbocycles. The number of hydrazone groups is 1. The van der Waals surface area contributed by atoms with Gasteiger partial charge in [-0.05, 0) is 43.5 Å². The minimum absolute atomic E-state index is 0.404. The Kier molecular flexibility index (Phi) is 6.65. The summed E-state index contributed by atoms with van der Waals surface area (Å²) < 4.78 is 59.0. The van der Waals surface area contributed by atoms with Gasteiger partial charge in [0.1, 0.15) is 23.7 Å². The smallest absolute Gasteiger partial charge is 0.323 e. The average Bonchev–Trinajstić information content (AvgIpc) is 2.74. The van der Waals surface area contributed by atoms with Crippen LogP contribution in [0.3, 0.4) is 0 Å². The number of anilines is 1. The summed E-state index contributed by atoms with van der Waals surface area (Å²) in [5, 5.41) is 14.8. The second kappa shape index (κ2) is 9.06. The molecular formula is C20H24F4N6O. The third-order valence-electron chi connectivity index (χ3n) is 5.31. The maximum atomic E-state index is 15.6. The third-order valence-corrected chi connectivity index (χ3v) is 5.31. The summed E-state index contributed by atoms with van der Waals surface area (Å²) in [6, 6.07) is 4.47. The number of halogens is 4. The molecule has 3 rings (SSSR count). The van der Waals surface area contributed by atoms with Crippen LogP contribution in [0.25, 0.3) is 0 Å². The van der Waals surface area contributed by atoms with Gasteiger partial charge in [0.15, 0.2) is 5.60 Å². The van der Waals surface area contributed by atoms with Gasteiger partial charge in [-0.1, -0.05) is 0 Å². The number of hydrogen-bond donors (Lipinski definition) is 3. The first-order valence-corrected chi connectivity index (χ1v) is 9.71.